The van der Waals surface area contributed by atoms with E-state index in [0.717, 1.165) is 4.31 Å². The Bertz CT molecular complexity index is 1340. The average molecular weight is 510 g/mol. The lowest BCUT2D eigenvalue weighted by atomic mass is 10.1. The number of benzene rings is 3. The number of methoxy groups -OCH3 is 2. The number of nitrogens with one attached hydrogen (secondary N) is 2. The lowest BCUT2D eigenvalue weighted by Gasteiger charge is -2.25. The van der Waals surface area contributed by atoms with Gasteiger partial charge in [0.25, 0.3) is 15.9 Å². The highest BCUT2D eigenvalue weighted by molar-refractivity contribution is 7.92. The number of nitrogens with zero attached hydrogens (tertiary/aromatic N) is 1. The summed E-state index contributed by atoms with van der Waals surface area (Å²) in [5.74, 6) is -0.345. The molecule has 3 rings (SSSR count). The molecule has 2 amide bonds. The van der Waals surface area contributed by atoms with Crippen LogP contribution in [-0.4, -0.2) is 47.5 Å². The highest BCUT2D eigenvalue weighted by atomic mass is 32.2. The third kappa shape index (κ3) is 6.02. The fourth-order valence-corrected chi connectivity index (χ4v) is 4.82. The molecule has 0 unspecified atom stereocenters. The molecule has 0 heterocycles. The van der Waals surface area contributed by atoms with Gasteiger partial charge in [0.05, 0.1) is 36.1 Å². The third-order valence-corrected chi connectivity index (χ3v) is 6.91. The van der Waals surface area contributed by atoms with E-state index in [-0.39, 0.29) is 28.4 Å². The number of carbonyl (C=O) groups excluding carboxylic acids is 2. The molecule has 3 aromatic rings. The van der Waals surface area contributed by atoms with E-state index in [9.17, 15) is 18.0 Å². The van der Waals surface area contributed by atoms with Crippen LogP contribution in [-0.2, 0) is 14.8 Å². The molecule has 0 spiro atoms. The summed E-state index contributed by atoms with van der Waals surface area (Å²) in [5, 5.41) is 5.31. The molecule has 9 nitrogen and oxygen atoms in total. The molecule has 188 valence electrons. The van der Waals surface area contributed by atoms with Crippen molar-refractivity contribution in [3.8, 4) is 11.5 Å². The minimum Gasteiger partial charge on any atom is -0.493 e. The number of anilines is 2. The maximum atomic E-state index is 13.6. The zero-order valence-corrected chi connectivity index (χ0v) is 20.7. The molecule has 0 aromatic heterocycles. The van der Waals surface area contributed by atoms with Crippen molar-refractivity contribution in [2.45, 2.75) is 4.90 Å². The number of sulfonamides is 1. The van der Waals surface area contributed by atoms with E-state index in [4.69, 9.17) is 9.47 Å². The minimum atomic E-state index is -4.14. The highest BCUT2D eigenvalue weighted by Crippen LogP contribution is 2.33. The Morgan fingerprint density at radius 3 is 2.28 bits per heavy atom. The van der Waals surface area contributed by atoms with E-state index in [2.05, 4.69) is 17.2 Å². The van der Waals surface area contributed by atoms with Gasteiger partial charge in [0.1, 0.15) is 6.54 Å². The monoisotopic (exact) mass is 509 g/mol. The molecule has 0 fully saturated rings. The number of carbonyl (C=O) groups is 2. The van der Waals surface area contributed by atoms with E-state index in [1.54, 1.807) is 48.5 Å². The highest BCUT2D eigenvalue weighted by Gasteiger charge is 2.28. The smallest absolute Gasteiger partial charge is 0.264 e. The first-order valence-corrected chi connectivity index (χ1v) is 12.3. The summed E-state index contributed by atoms with van der Waals surface area (Å²) < 4.78 is 38.7. The number of para-hydroxylation sites is 1. The summed E-state index contributed by atoms with van der Waals surface area (Å²) in [5.41, 5.74) is 0.674. The second-order valence-electron chi connectivity index (χ2n) is 7.46. The van der Waals surface area contributed by atoms with Crippen molar-refractivity contribution in [1.29, 1.82) is 0 Å². The topological polar surface area (TPSA) is 114 Å². The van der Waals surface area contributed by atoms with Crippen LogP contribution in [0.1, 0.15) is 10.4 Å². The molecule has 10 heteroatoms. The van der Waals surface area contributed by atoms with Gasteiger partial charge >= 0.3 is 0 Å². The van der Waals surface area contributed by atoms with Gasteiger partial charge in [0, 0.05) is 12.6 Å². The number of ether oxygens (including phenoxy) is 2. The second kappa shape index (κ2) is 11.9. The van der Waals surface area contributed by atoms with Gasteiger partial charge in [-0.25, -0.2) is 8.42 Å². The summed E-state index contributed by atoms with van der Waals surface area (Å²) in [4.78, 5) is 25.6. The number of hydrogen-bond donors (Lipinski definition) is 2. The van der Waals surface area contributed by atoms with Crippen LogP contribution in [0.15, 0.2) is 90.3 Å². The minimum absolute atomic E-state index is 0.0109. The molecule has 0 saturated carbocycles. The van der Waals surface area contributed by atoms with Crippen LogP contribution in [0.4, 0.5) is 11.4 Å². The summed E-state index contributed by atoms with van der Waals surface area (Å²) in [6.07, 6.45) is 1.54. The van der Waals surface area contributed by atoms with E-state index >= 15 is 0 Å². The van der Waals surface area contributed by atoms with Gasteiger partial charge in [0.2, 0.25) is 5.91 Å². The normalized spacial score (nSPS) is 10.7. The largest absolute Gasteiger partial charge is 0.493 e. The first-order chi connectivity index (χ1) is 17.3. The van der Waals surface area contributed by atoms with E-state index in [1.807, 2.05) is 0 Å². The van der Waals surface area contributed by atoms with Crippen molar-refractivity contribution in [3.63, 3.8) is 0 Å². The van der Waals surface area contributed by atoms with Gasteiger partial charge in [-0.3, -0.25) is 13.9 Å². The molecular weight excluding hydrogens is 482 g/mol. The molecule has 0 aliphatic rings. The first-order valence-electron chi connectivity index (χ1n) is 10.9. The Balaban J connectivity index is 1.97. The SMILES string of the molecule is C=CCNC(=O)c1ccccc1NC(=O)CN(c1ccc(OC)c(OC)c1)S(=O)(=O)c1ccccc1. The zero-order chi connectivity index (χ0) is 26.1. The molecule has 0 aliphatic heterocycles. The average Bonchev–Trinajstić information content (AvgIpc) is 2.90. The van der Waals surface area contributed by atoms with Gasteiger partial charge in [-0.2, -0.15) is 0 Å². The predicted octanol–water partition coefficient (Wildman–Crippen LogP) is 3.45. The summed E-state index contributed by atoms with van der Waals surface area (Å²) in [6.45, 7) is 3.26. The van der Waals surface area contributed by atoms with Gasteiger partial charge in [-0.1, -0.05) is 36.4 Å². The zero-order valence-electron chi connectivity index (χ0n) is 19.9. The van der Waals surface area contributed by atoms with Crippen LogP contribution in [0.5, 0.6) is 11.5 Å². The van der Waals surface area contributed by atoms with Gasteiger partial charge < -0.3 is 20.1 Å². The van der Waals surface area contributed by atoms with Gasteiger partial charge in [-0.15, -0.1) is 6.58 Å². The summed E-state index contributed by atoms with van der Waals surface area (Å²) >= 11 is 0. The number of rotatable bonds is 11. The van der Waals surface area contributed by atoms with Crippen molar-refractivity contribution in [2.75, 3.05) is 36.9 Å². The predicted molar refractivity (Wildman–Crippen MR) is 138 cm³/mol. The van der Waals surface area contributed by atoms with Crippen LogP contribution < -0.4 is 24.4 Å². The molecule has 0 aliphatic carbocycles. The second-order valence-corrected chi connectivity index (χ2v) is 9.32. The molecule has 36 heavy (non-hydrogen) atoms. The Morgan fingerprint density at radius 2 is 1.61 bits per heavy atom. The van der Waals surface area contributed by atoms with Crippen molar-refractivity contribution >= 4 is 33.2 Å². The van der Waals surface area contributed by atoms with Gasteiger partial charge in [0.15, 0.2) is 11.5 Å². The Morgan fingerprint density at radius 1 is 0.944 bits per heavy atom. The van der Waals surface area contributed by atoms with Crippen LogP contribution in [0, 0.1) is 0 Å². The van der Waals surface area contributed by atoms with Crippen molar-refractivity contribution in [3.05, 3.63) is 91.0 Å². The number of amides is 2. The maximum absolute atomic E-state index is 13.6. The molecule has 0 atom stereocenters. The quantitative estimate of drug-likeness (QED) is 0.383. The number of hydrogen-bond acceptors (Lipinski definition) is 6. The standard InChI is InChI=1S/C26H27N3O6S/c1-4-16-27-26(31)21-12-8-9-13-22(21)28-25(30)18-29(36(32,33)20-10-6-5-7-11-20)19-14-15-23(34-2)24(17-19)35-3/h4-15,17H,1,16,18H2,2-3H3,(H,27,31)(H,28,30). The summed E-state index contributed by atoms with van der Waals surface area (Å²) in [7, 11) is -1.25. The van der Waals surface area contributed by atoms with Crippen LogP contribution in [0.25, 0.3) is 0 Å². The van der Waals surface area contributed by atoms with Crippen LogP contribution >= 0.6 is 0 Å². The third-order valence-electron chi connectivity index (χ3n) is 5.13. The molecule has 0 saturated heterocycles. The van der Waals surface area contributed by atoms with Gasteiger partial charge in [-0.05, 0) is 36.4 Å². The lowest BCUT2D eigenvalue weighted by Crippen LogP contribution is -2.38. The fraction of sp³-hybridized carbons (Fsp3) is 0.154. The van der Waals surface area contributed by atoms with Crippen molar-refractivity contribution in [2.24, 2.45) is 0 Å². The molecule has 3 aromatic carbocycles. The van der Waals surface area contributed by atoms with Crippen molar-refractivity contribution in [1.82, 2.24) is 5.32 Å². The van der Waals surface area contributed by atoms with Crippen LogP contribution in [0.2, 0.25) is 0 Å². The fourth-order valence-electron chi connectivity index (χ4n) is 3.39. The van der Waals surface area contributed by atoms with Crippen LogP contribution in [0.3, 0.4) is 0 Å². The Labute approximate surface area is 210 Å². The lowest BCUT2D eigenvalue weighted by molar-refractivity contribution is -0.114. The maximum Gasteiger partial charge on any atom is 0.264 e. The molecule has 2 N–H and O–H groups in total. The summed E-state index contributed by atoms with van der Waals surface area (Å²) in [6, 6.07) is 18.8. The molecular formula is C26H27N3O6S. The first kappa shape index (κ1) is 26.3. The van der Waals surface area contributed by atoms with E-state index in [0.29, 0.717) is 11.5 Å². The Hall–Kier alpha value is -4.31. The molecule has 0 radical (unpaired) electrons. The Kier molecular flexibility index (Phi) is 8.69. The molecule has 0 bridgehead atoms. The van der Waals surface area contributed by atoms with Crippen molar-refractivity contribution < 1.29 is 27.5 Å². The van der Waals surface area contributed by atoms with E-state index < -0.39 is 28.4 Å². The van der Waals surface area contributed by atoms with E-state index in [1.165, 1.54) is 44.6 Å².